The fraction of sp³-hybridized carbons (Fsp3) is 0.514. The van der Waals surface area contributed by atoms with Crippen molar-refractivity contribution in [2.45, 2.75) is 106 Å². The maximum absolute atomic E-state index is 14.1. The van der Waals surface area contributed by atoms with Crippen LogP contribution in [0.15, 0.2) is 29.6 Å². The number of aromatic nitrogens is 2. The van der Waals surface area contributed by atoms with Gasteiger partial charge in [-0.05, 0) is 66.4 Å². The minimum Gasteiger partial charge on any atom is -0.322 e. The lowest BCUT2D eigenvalue weighted by Gasteiger charge is -2.29. The quantitative estimate of drug-likeness (QED) is 0.401. The Morgan fingerprint density at radius 1 is 0.898 bits per heavy atom. The van der Waals surface area contributed by atoms with Crippen molar-refractivity contribution >= 4 is 41.2 Å². The van der Waals surface area contributed by atoms with E-state index in [2.05, 4.69) is 38.0 Å². The van der Waals surface area contributed by atoms with E-state index in [0.717, 1.165) is 22.7 Å². The van der Waals surface area contributed by atoms with Gasteiger partial charge in [-0.25, -0.2) is 9.18 Å². The number of piperidine rings is 2. The zero-order valence-electron chi connectivity index (χ0n) is 30.1. The van der Waals surface area contributed by atoms with Crippen LogP contribution < -0.4 is 16.3 Å². The van der Waals surface area contributed by atoms with Crippen LogP contribution in [-0.4, -0.2) is 49.6 Å². The van der Waals surface area contributed by atoms with Crippen LogP contribution >= 0.6 is 0 Å². The summed E-state index contributed by atoms with van der Waals surface area (Å²) in [7, 11) is 1.68. The highest BCUT2D eigenvalue weighted by molar-refractivity contribution is 6.05. The lowest BCUT2D eigenvalue weighted by Crippen LogP contribution is -2.52. The van der Waals surface area contributed by atoms with E-state index in [1.54, 1.807) is 13.1 Å². The molecule has 11 nitrogen and oxygen atoms in total. The minimum atomic E-state index is -0.675. The topological polar surface area (TPSA) is 140 Å². The van der Waals surface area contributed by atoms with Crippen molar-refractivity contribution in [3.05, 3.63) is 69.2 Å². The number of hydrogen-bond donors (Lipinski definition) is 2. The first-order valence-corrected chi connectivity index (χ1v) is 16.8. The summed E-state index contributed by atoms with van der Waals surface area (Å²) >= 11 is 0. The number of allylic oxidation sites excluding steroid dienone is 2. The van der Waals surface area contributed by atoms with E-state index in [0.29, 0.717) is 29.7 Å². The Morgan fingerprint density at radius 2 is 1.43 bits per heavy atom. The maximum atomic E-state index is 14.1. The Bertz CT molecular complexity index is 1730. The Kier molecular flexibility index (Phi) is 12.8. The number of rotatable bonds is 6. The fourth-order valence-electron chi connectivity index (χ4n) is 5.90. The van der Waals surface area contributed by atoms with Gasteiger partial charge in [-0.1, -0.05) is 67.2 Å². The molecule has 12 heteroatoms. The number of carbonyl (C=O) groups is 5. The van der Waals surface area contributed by atoms with Crippen molar-refractivity contribution in [1.29, 1.82) is 0 Å². The number of fused-ring (bicyclic) bond motifs is 1. The summed E-state index contributed by atoms with van der Waals surface area (Å²) in [6.07, 6.45) is 4.72. The van der Waals surface area contributed by atoms with Gasteiger partial charge >= 0.3 is 5.69 Å². The lowest BCUT2D eigenvalue weighted by atomic mass is 9.98. The van der Waals surface area contributed by atoms with Crippen LogP contribution in [0.1, 0.15) is 126 Å². The lowest BCUT2D eigenvalue weighted by molar-refractivity contribution is -0.138. The van der Waals surface area contributed by atoms with Crippen LogP contribution in [0.4, 0.5) is 4.39 Å². The van der Waals surface area contributed by atoms with Gasteiger partial charge < -0.3 is 4.90 Å². The molecule has 2 saturated heterocycles. The number of hydrogen-bond acceptors (Lipinski definition) is 6. The average Bonchev–Trinajstić information content (AvgIpc) is 3.44. The van der Waals surface area contributed by atoms with Crippen molar-refractivity contribution in [2.75, 3.05) is 0 Å². The molecule has 0 radical (unpaired) electrons. The van der Waals surface area contributed by atoms with Crippen molar-refractivity contribution in [3.63, 3.8) is 0 Å². The van der Waals surface area contributed by atoms with Crippen LogP contribution in [0.2, 0.25) is 0 Å². The molecule has 1 aromatic heterocycles. The normalized spacial score (nSPS) is 19.1. The molecule has 49 heavy (non-hydrogen) atoms. The molecule has 0 aliphatic carbocycles. The van der Waals surface area contributed by atoms with Crippen molar-refractivity contribution in [1.82, 2.24) is 24.7 Å². The van der Waals surface area contributed by atoms with Gasteiger partial charge in [0.15, 0.2) is 0 Å². The summed E-state index contributed by atoms with van der Waals surface area (Å²) < 4.78 is 17.1. The third-order valence-electron chi connectivity index (χ3n) is 8.44. The molecule has 2 aromatic rings. The first kappa shape index (κ1) is 38.8. The Hall–Kier alpha value is -4.61. The Labute approximate surface area is 287 Å². The third-order valence-corrected chi connectivity index (χ3v) is 8.44. The summed E-state index contributed by atoms with van der Waals surface area (Å²) in [4.78, 5) is 73.3. The molecule has 0 spiro atoms. The monoisotopic (exact) mass is 679 g/mol. The van der Waals surface area contributed by atoms with E-state index in [1.165, 1.54) is 20.1 Å². The number of benzene rings is 1. The van der Waals surface area contributed by atoms with Gasteiger partial charge in [0.2, 0.25) is 23.6 Å². The average molecular weight is 680 g/mol. The number of imide groups is 2. The van der Waals surface area contributed by atoms with Crippen molar-refractivity contribution < 1.29 is 28.4 Å². The number of amides is 5. The van der Waals surface area contributed by atoms with Gasteiger partial charge in [-0.3, -0.25) is 43.7 Å². The van der Waals surface area contributed by atoms with Crippen LogP contribution in [-0.2, 0) is 32.8 Å². The molecule has 266 valence electrons. The summed E-state index contributed by atoms with van der Waals surface area (Å²) in [5.41, 5.74) is 3.57. The van der Waals surface area contributed by atoms with E-state index < -0.39 is 29.7 Å². The van der Waals surface area contributed by atoms with Crippen molar-refractivity contribution in [2.24, 2.45) is 18.9 Å². The highest BCUT2D eigenvalue weighted by Crippen LogP contribution is 2.32. The van der Waals surface area contributed by atoms with Crippen molar-refractivity contribution in [3.8, 4) is 0 Å². The highest BCUT2D eigenvalue weighted by Gasteiger charge is 2.39. The number of halogens is 1. The standard InChI is InChI=1S/C17H23N3O3.C16H17FN2O3.C4H10/c1-6-7-12-15(11(4)10(2)3)19(5)17(23)20(12)13-8-9-14(21)18-16(13)22;1-8(2)10-5-9-7-19(16(22)11(9)6-12(10)17)13-3-4-14(20)18-15(13)21;1-4(2)3/h6-7,10,13H,4,8-9H2,1-3,5H3,(H,18,21,22);5-6,8,13H,3-4,7H2,1-2H3,(H,18,20,21);4H,1-3H3/b7-6-;;. The number of imidazole rings is 1. The van der Waals surface area contributed by atoms with Gasteiger partial charge in [0.1, 0.15) is 17.9 Å². The van der Waals surface area contributed by atoms with Crippen LogP contribution in [0.3, 0.4) is 0 Å². The predicted molar refractivity (Wildman–Crippen MR) is 187 cm³/mol. The van der Waals surface area contributed by atoms with Gasteiger partial charge in [-0.15, -0.1) is 0 Å². The largest absolute Gasteiger partial charge is 0.329 e. The summed E-state index contributed by atoms with van der Waals surface area (Å²) in [5.74, 6) is -1.23. The zero-order valence-corrected chi connectivity index (χ0v) is 30.1. The molecule has 2 atom stereocenters. The smallest absolute Gasteiger partial charge is 0.322 e. The highest BCUT2D eigenvalue weighted by atomic mass is 19.1. The molecule has 4 heterocycles. The summed E-state index contributed by atoms with van der Waals surface area (Å²) in [6.45, 7) is 20.5. The third kappa shape index (κ3) is 8.71. The Morgan fingerprint density at radius 3 is 1.90 bits per heavy atom. The maximum Gasteiger partial charge on any atom is 0.329 e. The molecule has 0 saturated carbocycles. The molecular weight excluding hydrogens is 629 g/mol. The van der Waals surface area contributed by atoms with E-state index in [-0.39, 0.29) is 54.6 Å². The molecule has 0 bridgehead atoms. The SMILES string of the molecule is C=C(c1c(/C=C\C)n(C2CCC(=O)NC2=O)c(=O)n1C)C(C)C.CC(C)C.CC(C)c1cc2c(cc1F)C(=O)N(C1CCC(=O)NC1=O)C2. The predicted octanol–water partition coefficient (Wildman–Crippen LogP) is 5.24. The van der Waals surface area contributed by atoms with Gasteiger partial charge in [0, 0.05) is 32.0 Å². The first-order chi connectivity index (χ1) is 22.9. The van der Waals surface area contributed by atoms with E-state index >= 15 is 0 Å². The Balaban J connectivity index is 0.000000240. The molecule has 5 rings (SSSR count). The second-order valence-corrected chi connectivity index (χ2v) is 13.9. The second-order valence-electron chi connectivity index (χ2n) is 13.9. The summed E-state index contributed by atoms with van der Waals surface area (Å²) in [5, 5.41) is 4.56. The van der Waals surface area contributed by atoms with E-state index in [1.807, 2.05) is 46.8 Å². The molecule has 3 aliphatic rings. The molecule has 1 aromatic carbocycles. The molecule has 2 fully saturated rings. The molecular formula is C37H50FN5O6. The van der Waals surface area contributed by atoms with Crippen LogP contribution in [0.5, 0.6) is 0 Å². The van der Waals surface area contributed by atoms with Crippen LogP contribution in [0, 0.1) is 17.7 Å². The number of nitrogens with one attached hydrogen (secondary N) is 2. The van der Waals surface area contributed by atoms with Gasteiger partial charge in [-0.2, -0.15) is 0 Å². The fourth-order valence-corrected chi connectivity index (χ4v) is 5.90. The molecule has 2 N–H and O–H groups in total. The molecule has 2 unspecified atom stereocenters. The van der Waals surface area contributed by atoms with E-state index in [4.69, 9.17) is 0 Å². The second kappa shape index (κ2) is 16.2. The molecule has 3 aliphatic heterocycles. The number of carbonyl (C=O) groups excluding carboxylic acids is 5. The van der Waals surface area contributed by atoms with Gasteiger partial charge in [0.05, 0.1) is 11.4 Å². The van der Waals surface area contributed by atoms with Crippen LogP contribution in [0.25, 0.3) is 11.6 Å². The number of nitrogens with zero attached hydrogens (tertiary/aromatic N) is 3. The molecule has 5 amide bonds. The zero-order chi connectivity index (χ0) is 36.9. The first-order valence-electron chi connectivity index (χ1n) is 16.8. The summed E-state index contributed by atoms with van der Waals surface area (Å²) in [6, 6.07) is 1.63. The minimum absolute atomic E-state index is 0.0186. The van der Waals surface area contributed by atoms with E-state index in [9.17, 15) is 33.2 Å². The van der Waals surface area contributed by atoms with Gasteiger partial charge in [0.25, 0.3) is 5.91 Å².